The molecule has 0 aliphatic carbocycles. The summed E-state index contributed by atoms with van der Waals surface area (Å²) in [6.07, 6.45) is 5.67. The second kappa shape index (κ2) is 10.2. The zero-order valence-corrected chi connectivity index (χ0v) is 17.5. The summed E-state index contributed by atoms with van der Waals surface area (Å²) >= 11 is 0. The molecule has 0 amide bonds. The highest BCUT2D eigenvalue weighted by atomic mass is 15.3. The quantitative estimate of drug-likeness (QED) is 0.570. The van der Waals surface area contributed by atoms with Gasteiger partial charge in [-0.25, -0.2) is 0 Å². The van der Waals surface area contributed by atoms with Crippen LogP contribution in [0.1, 0.15) is 61.8 Å². The Morgan fingerprint density at radius 1 is 1.14 bits per heavy atom. The topological polar surface area (TPSA) is 67.1 Å². The summed E-state index contributed by atoms with van der Waals surface area (Å²) in [4.78, 5) is 4.79. The van der Waals surface area contributed by atoms with Crippen LogP contribution in [-0.2, 0) is 19.4 Å². The number of nitrogens with one attached hydrogen (secondary N) is 2. The number of rotatable bonds is 7. The molecule has 1 aromatic carbocycles. The summed E-state index contributed by atoms with van der Waals surface area (Å²) in [5.74, 6) is 3.51. The van der Waals surface area contributed by atoms with E-state index in [0.29, 0.717) is 5.92 Å². The van der Waals surface area contributed by atoms with E-state index in [2.05, 4.69) is 70.4 Å². The Hall–Kier alpha value is -2.37. The van der Waals surface area contributed by atoms with Crippen LogP contribution in [0.25, 0.3) is 0 Å². The van der Waals surface area contributed by atoms with Gasteiger partial charge in [0.25, 0.3) is 0 Å². The molecular weight excluding hydrogens is 348 g/mol. The molecule has 2 heterocycles. The third-order valence-electron chi connectivity index (χ3n) is 5.34. The van der Waals surface area contributed by atoms with Crippen molar-refractivity contribution >= 4 is 5.96 Å². The van der Waals surface area contributed by atoms with E-state index in [1.54, 1.807) is 0 Å². The lowest BCUT2D eigenvalue weighted by Gasteiger charge is -2.14. The van der Waals surface area contributed by atoms with E-state index in [1.807, 2.05) is 0 Å². The second-order valence-corrected chi connectivity index (χ2v) is 7.70. The maximum Gasteiger partial charge on any atom is 0.191 e. The predicted molar refractivity (Wildman–Crippen MR) is 115 cm³/mol. The zero-order valence-electron chi connectivity index (χ0n) is 17.5. The second-order valence-electron chi connectivity index (χ2n) is 7.70. The van der Waals surface area contributed by atoms with Crippen LogP contribution < -0.4 is 10.6 Å². The van der Waals surface area contributed by atoms with Gasteiger partial charge in [-0.2, -0.15) is 0 Å². The molecule has 3 rings (SSSR count). The van der Waals surface area contributed by atoms with Crippen LogP contribution in [0.5, 0.6) is 0 Å². The molecule has 1 aliphatic rings. The van der Waals surface area contributed by atoms with Crippen molar-refractivity contribution in [3.8, 4) is 0 Å². The number of nitrogens with zero attached hydrogens (tertiary/aromatic N) is 4. The maximum atomic E-state index is 4.79. The van der Waals surface area contributed by atoms with Crippen LogP contribution in [0.3, 0.4) is 0 Å². The molecular formula is C22H34N6. The van der Waals surface area contributed by atoms with Crippen LogP contribution in [0.15, 0.2) is 29.3 Å². The van der Waals surface area contributed by atoms with Gasteiger partial charge in [-0.05, 0) is 32.3 Å². The van der Waals surface area contributed by atoms with Crippen molar-refractivity contribution in [3.63, 3.8) is 0 Å². The SMILES string of the molecule is CCNC(=NCC(C)c1ccc(C)cc1)NCCc1nnc2n1CCCCC2. The molecule has 1 atom stereocenters. The number of aromatic nitrogens is 3. The largest absolute Gasteiger partial charge is 0.357 e. The molecule has 0 saturated carbocycles. The van der Waals surface area contributed by atoms with Gasteiger partial charge in [0, 0.05) is 44.9 Å². The average Bonchev–Trinajstić information content (AvgIpc) is 2.93. The van der Waals surface area contributed by atoms with Gasteiger partial charge in [-0.3, -0.25) is 4.99 Å². The zero-order chi connectivity index (χ0) is 19.8. The molecule has 0 fully saturated rings. The summed E-state index contributed by atoms with van der Waals surface area (Å²) in [5, 5.41) is 15.6. The fourth-order valence-corrected chi connectivity index (χ4v) is 3.59. The van der Waals surface area contributed by atoms with Gasteiger partial charge in [-0.1, -0.05) is 43.2 Å². The third kappa shape index (κ3) is 5.57. The molecule has 2 N–H and O–H groups in total. The molecule has 1 unspecified atom stereocenters. The first kappa shape index (κ1) is 20.4. The highest BCUT2D eigenvalue weighted by Gasteiger charge is 2.14. The molecule has 0 radical (unpaired) electrons. The van der Waals surface area contributed by atoms with Crippen LogP contribution >= 0.6 is 0 Å². The predicted octanol–water partition coefficient (Wildman–Crippen LogP) is 3.21. The van der Waals surface area contributed by atoms with E-state index in [-0.39, 0.29) is 0 Å². The van der Waals surface area contributed by atoms with Gasteiger partial charge < -0.3 is 15.2 Å². The van der Waals surface area contributed by atoms with Gasteiger partial charge in [0.2, 0.25) is 0 Å². The van der Waals surface area contributed by atoms with Gasteiger partial charge in [0.05, 0.1) is 0 Å². The van der Waals surface area contributed by atoms with Crippen molar-refractivity contribution in [1.82, 2.24) is 25.4 Å². The highest BCUT2D eigenvalue weighted by molar-refractivity contribution is 5.79. The van der Waals surface area contributed by atoms with Crippen molar-refractivity contribution in [2.24, 2.45) is 4.99 Å². The number of benzene rings is 1. The molecule has 28 heavy (non-hydrogen) atoms. The Morgan fingerprint density at radius 3 is 2.75 bits per heavy atom. The summed E-state index contributed by atoms with van der Waals surface area (Å²) in [5.41, 5.74) is 2.62. The molecule has 1 aromatic heterocycles. The van der Waals surface area contributed by atoms with E-state index in [0.717, 1.165) is 56.6 Å². The minimum Gasteiger partial charge on any atom is -0.357 e. The van der Waals surface area contributed by atoms with Crippen LogP contribution in [-0.4, -0.2) is 40.4 Å². The maximum absolute atomic E-state index is 4.79. The molecule has 152 valence electrons. The standard InChI is InChI=1S/C22H34N6/c1-4-23-22(25-16-18(3)19-11-9-17(2)10-12-19)24-14-13-21-27-26-20-8-6-5-7-15-28(20)21/h9-12,18H,4-8,13-16H2,1-3H3,(H2,23,24,25). The van der Waals surface area contributed by atoms with Crippen LogP contribution in [0, 0.1) is 6.92 Å². The molecule has 0 saturated heterocycles. The van der Waals surface area contributed by atoms with Crippen molar-refractivity contribution in [1.29, 1.82) is 0 Å². The Morgan fingerprint density at radius 2 is 1.96 bits per heavy atom. The lowest BCUT2D eigenvalue weighted by molar-refractivity contribution is 0.600. The van der Waals surface area contributed by atoms with Gasteiger partial charge in [0.1, 0.15) is 11.6 Å². The van der Waals surface area contributed by atoms with Crippen molar-refractivity contribution in [2.75, 3.05) is 19.6 Å². The first-order valence-corrected chi connectivity index (χ1v) is 10.7. The summed E-state index contributed by atoms with van der Waals surface area (Å²) < 4.78 is 2.32. The van der Waals surface area contributed by atoms with Crippen molar-refractivity contribution in [2.45, 2.75) is 65.3 Å². The highest BCUT2D eigenvalue weighted by Crippen LogP contribution is 2.16. The number of hydrogen-bond acceptors (Lipinski definition) is 3. The summed E-state index contributed by atoms with van der Waals surface area (Å²) in [7, 11) is 0. The van der Waals surface area contributed by atoms with E-state index in [4.69, 9.17) is 4.99 Å². The van der Waals surface area contributed by atoms with Gasteiger partial charge in [0.15, 0.2) is 5.96 Å². The number of guanidine groups is 1. The summed E-state index contributed by atoms with van der Waals surface area (Å²) in [6.45, 7) is 9.92. The van der Waals surface area contributed by atoms with E-state index in [9.17, 15) is 0 Å². The molecule has 2 aromatic rings. The summed E-state index contributed by atoms with van der Waals surface area (Å²) in [6, 6.07) is 8.74. The van der Waals surface area contributed by atoms with Crippen molar-refractivity contribution in [3.05, 3.63) is 47.0 Å². The molecule has 6 nitrogen and oxygen atoms in total. The smallest absolute Gasteiger partial charge is 0.191 e. The van der Waals surface area contributed by atoms with Crippen molar-refractivity contribution < 1.29 is 0 Å². The first-order valence-electron chi connectivity index (χ1n) is 10.7. The van der Waals surface area contributed by atoms with E-state index < -0.39 is 0 Å². The average molecular weight is 383 g/mol. The van der Waals surface area contributed by atoms with E-state index >= 15 is 0 Å². The number of fused-ring (bicyclic) bond motifs is 1. The van der Waals surface area contributed by atoms with E-state index in [1.165, 1.54) is 30.4 Å². The Balaban J connectivity index is 1.53. The van der Waals surface area contributed by atoms with Crippen LogP contribution in [0.4, 0.5) is 0 Å². The molecule has 0 spiro atoms. The number of aliphatic imine (C=N–C) groups is 1. The first-order chi connectivity index (χ1) is 13.7. The minimum atomic E-state index is 0.392. The number of hydrogen-bond donors (Lipinski definition) is 2. The molecule has 1 aliphatic heterocycles. The minimum absolute atomic E-state index is 0.392. The monoisotopic (exact) mass is 382 g/mol. The Bertz CT molecular complexity index is 762. The van der Waals surface area contributed by atoms with Gasteiger partial charge >= 0.3 is 0 Å². The van der Waals surface area contributed by atoms with Gasteiger partial charge in [-0.15, -0.1) is 10.2 Å². The molecule has 6 heteroatoms. The number of aryl methyl sites for hydroxylation is 2. The van der Waals surface area contributed by atoms with Crippen LogP contribution in [0.2, 0.25) is 0 Å². The third-order valence-corrected chi connectivity index (χ3v) is 5.34. The molecule has 0 bridgehead atoms. The lowest BCUT2D eigenvalue weighted by Crippen LogP contribution is -2.38. The fourth-order valence-electron chi connectivity index (χ4n) is 3.59. The lowest BCUT2D eigenvalue weighted by atomic mass is 10.0. The Kier molecular flexibility index (Phi) is 7.46. The normalized spacial score (nSPS) is 15.6. The Labute approximate surface area is 168 Å². The fraction of sp³-hybridized carbons (Fsp3) is 0.591.